The highest BCUT2D eigenvalue weighted by molar-refractivity contribution is 5.95. The maximum atomic E-state index is 12.4. The minimum absolute atomic E-state index is 0.0184. The van der Waals surface area contributed by atoms with Crippen molar-refractivity contribution in [3.63, 3.8) is 0 Å². The number of carbonyl (C=O) groups excluding carboxylic acids is 2. The van der Waals surface area contributed by atoms with Crippen molar-refractivity contribution in [2.24, 2.45) is 0 Å². The van der Waals surface area contributed by atoms with Crippen molar-refractivity contribution in [3.05, 3.63) is 24.3 Å². The lowest BCUT2D eigenvalue weighted by Crippen LogP contribution is -2.53. The highest BCUT2D eigenvalue weighted by Crippen LogP contribution is 2.25. The third-order valence-electron chi connectivity index (χ3n) is 4.05. The number of nitrogens with one attached hydrogen (secondary N) is 1. The normalized spacial score (nSPS) is 16.8. The predicted octanol–water partition coefficient (Wildman–Crippen LogP) is 1.78. The maximum absolute atomic E-state index is 12.4. The summed E-state index contributed by atoms with van der Waals surface area (Å²) in [5, 5.41) is 2.63. The van der Waals surface area contributed by atoms with E-state index in [4.69, 9.17) is 0 Å². The van der Waals surface area contributed by atoms with Gasteiger partial charge in [0.15, 0.2) is 0 Å². The summed E-state index contributed by atoms with van der Waals surface area (Å²) < 4.78 is 29.2. The Hall–Kier alpha value is -2.22. The van der Waals surface area contributed by atoms with Gasteiger partial charge in [0.1, 0.15) is 5.75 Å². The van der Waals surface area contributed by atoms with Crippen molar-refractivity contribution in [2.75, 3.05) is 31.5 Å². The van der Waals surface area contributed by atoms with Gasteiger partial charge in [0, 0.05) is 33.1 Å². The van der Waals surface area contributed by atoms with E-state index in [0.29, 0.717) is 26.2 Å². The van der Waals surface area contributed by atoms with Crippen LogP contribution in [-0.2, 0) is 9.59 Å². The number of rotatable bonds is 5. The van der Waals surface area contributed by atoms with E-state index in [1.807, 2.05) is 4.90 Å². The number of piperazine rings is 1. The van der Waals surface area contributed by atoms with Crippen LogP contribution in [0, 0.1) is 0 Å². The lowest BCUT2D eigenvalue weighted by molar-refractivity contribution is -0.131. The molecule has 1 heterocycles. The molecule has 24 heavy (non-hydrogen) atoms. The van der Waals surface area contributed by atoms with E-state index < -0.39 is 12.7 Å². The standard InChI is InChI=1S/C16H21F2N3O3/c1-11(20-7-9-21(10-8-20)12(2)22)15(23)19-13-5-3-4-6-14(13)24-16(17)18/h3-6,11,16H,7-10H2,1-2H3,(H,19,23)/t11-/m0/s1. The summed E-state index contributed by atoms with van der Waals surface area (Å²) in [5.41, 5.74) is 0.206. The molecule has 2 amide bonds. The molecule has 0 bridgehead atoms. The minimum Gasteiger partial charge on any atom is -0.433 e. The first-order valence-corrected chi connectivity index (χ1v) is 7.72. The van der Waals surface area contributed by atoms with Crippen LogP contribution < -0.4 is 10.1 Å². The monoisotopic (exact) mass is 341 g/mol. The number of alkyl halides is 2. The molecule has 1 aromatic rings. The second-order valence-corrected chi connectivity index (χ2v) is 5.58. The molecule has 132 valence electrons. The first-order valence-electron chi connectivity index (χ1n) is 7.72. The van der Waals surface area contributed by atoms with Crippen LogP contribution in [0.1, 0.15) is 13.8 Å². The van der Waals surface area contributed by atoms with Crippen molar-refractivity contribution in [2.45, 2.75) is 26.5 Å². The number of carbonyl (C=O) groups is 2. The van der Waals surface area contributed by atoms with Gasteiger partial charge in [-0.2, -0.15) is 8.78 Å². The fourth-order valence-corrected chi connectivity index (χ4v) is 2.60. The SMILES string of the molecule is CC(=O)N1CCN([C@@H](C)C(=O)Nc2ccccc2OC(F)F)CC1. The van der Waals surface area contributed by atoms with Gasteiger partial charge < -0.3 is 15.0 Å². The average molecular weight is 341 g/mol. The molecular weight excluding hydrogens is 320 g/mol. The van der Waals surface area contributed by atoms with Gasteiger partial charge in [0.25, 0.3) is 0 Å². The van der Waals surface area contributed by atoms with E-state index in [-0.39, 0.29) is 23.3 Å². The second kappa shape index (κ2) is 8.05. The van der Waals surface area contributed by atoms with E-state index in [1.54, 1.807) is 24.0 Å². The van der Waals surface area contributed by atoms with Gasteiger partial charge in [0.2, 0.25) is 11.8 Å². The molecule has 2 rings (SSSR count). The van der Waals surface area contributed by atoms with Gasteiger partial charge in [-0.05, 0) is 19.1 Å². The Labute approximate surface area is 139 Å². The number of nitrogens with zero attached hydrogens (tertiary/aromatic N) is 2. The molecule has 0 saturated carbocycles. The van der Waals surface area contributed by atoms with E-state index >= 15 is 0 Å². The molecule has 1 aromatic carbocycles. The smallest absolute Gasteiger partial charge is 0.387 e. The Morgan fingerprint density at radius 1 is 1.17 bits per heavy atom. The van der Waals surface area contributed by atoms with Crippen molar-refractivity contribution >= 4 is 17.5 Å². The Morgan fingerprint density at radius 3 is 2.38 bits per heavy atom. The quantitative estimate of drug-likeness (QED) is 0.887. The summed E-state index contributed by atoms with van der Waals surface area (Å²) >= 11 is 0. The average Bonchev–Trinajstić information content (AvgIpc) is 2.55. The van der Waals surface area contributed by atoms with Crippen LogP contribution in [0.3, 0.4) is 0 Å². The molecule has 0 spiro atoms. The molecule has 0 aliphatic carbocycles. The summed E-state index contributed by atoms with van der Waals surface area (Å²) in [6.45, 7) is 2.62. The van der Waals surface area contributed by atoms with E-state index in [1.165, 1.54) is 19.1 Å². The summed E-state index contributed by atoms with van der Waals surface area (Å²) in [6, 6.07) is 5.62. The third kappa shape index (κ3) is 4.64. The van der Waals surface area contributed by atoms with E-state index in [2.05, 4.69) is 10.1 Å². The zero-order chi connectivity index (χ0) is 17.7. The molecule has 0 unspecified atom stereocenters. The second-order valence-electron chi connectivity index (χ2n) is 5.58. The molecule has 8 heteroatoms. The largest absolute Gasteiger partial charge is 0.433 e. The molecule has 1 atom stereocenters. The molecule has 1 aliphatic rings. The number of ether oxygens (including phenoxy) is 1. The molecule has 6 nitrogen and oxygen atoms in total. The number of anilines is 1. The number of hydrogen-bond acceptors (Lipinski definition) is 4. The van der Waals surface area contributed by atoms with Crippen LogP contribution in [0.25, 0.3) is 0 Å². The van der Waals surface area contributed by atoms with Crippen molar-refractivity contribution in [1.29, 1.82) is 0 Å². The Balaban J connectivity index is 1.96. The Bertz CT molecular complexity index is 590. The molecule has 1 aliphatic heterocycles. The molecule has 0 radical (unpaired) electrons. The lowest BCUT2D eigenvalue weighted by atomic mass is 10.2. The Kier molecular flexibility index (Phi) is 6.08. The van der Waals surface area contributed by atoms with Crippen molar-refractivity contribution < 1.29 is 23.1 Å². The number of benzene rings is 1. The molecule has 1 fully saturated rings. The molecule has 1 N–H and O–H groups in total. The maximum Gasteiger partial charge on any atom is 0.387 e. The molecular formula is C16H21F2N3O3. The van der Waals surface area contributed by atoms with Crippen LogP contribution >= 0.6 is 0 Å². The summed E-state index contributed by atoms with van der Waals surface area (Å²) in [6.07, 6.45) is 0. The Morgan fingerprint density at radius 2 is 1.79 bits per heavy atom. The highest BCUT2D eigenvalue weighted by atomic mass is 19.3. The van der Waals surface area contributed by atoms with Crippen LogP contribution in [-0.4, -0.2) is 60.4 Å². The zero-order valence-corrected chi connectivity index (χ0v) is 13.7. The van der Waals surface area contributed by atoms with Gasteiger partial charge in [-0.1, -0.05) is 12.1 Å². The van der Waals surface area contributed by atoms with Gasteiger partial charge >= 0.3 is 6.61 Å². The number of hydrogen-bond donors (Lipinski definition) is 1. The first kappa shape index (κ1) is 18.1. The van der Waals surface area contributed by atoms with Gasteiger partial charge in [-0.3, -0.25) is 14.5 Å². The van der Waals surface area contributed by atoms with Gasteiger partial charge in [-0.25, -0.2) is 0 Å². The molecule has 0 aromatic heterocycles. The predicted molar refractivity (Wildman–Crippen MR) is 85.0 cm³/mol. The van der Waals surface area contributed by atoms with Crippen LogP contribution in [0.5, 0.6) is 5.75 Å². The number of para-hydroxylation sites is 2. The topological polar surface area (TPSA) is 61.9 Å². The zero-order valence-electron chi connectivity index (χ0n) is 13.7. The first-order chi connectivity index (χ1) is 11.4. The summed E-state index contributed by atoms with van der Waals surface area (Å²) in [4.78, 5) is 27.4. The van der Waals surface area contributed by atoms with Crippen molar-refractivity contribution in [3.8, 4) is 5.75 Å². The highest BCUT2D eigenvalue weighted by Gasteiger charge is 2.27. The van der Waals surface area contributed by atoms with Gasteiger partial charge in [-0.15, -0.1) is 0 Å². The third-order valence-corrected chi connectivity index (χ3v) is 4.05. The number of amides is 2. The van der Waals surface area contributed by atoms with E-state index in [0.717, 1.165) is 0 Å². The summed E-state index contributed by atoms with van der Waals surface area (Å²) in [5.74, 6) is -0.365. The van der Waals surface area contributed by atoms with Gasteiger partial charge in [0.05, 0.1) is 11.7 Å². The summed E-state index contributed by atoms with van der Waals surface area (Å²) in [7, 11) is 0. The molecule has 1 saturated heterocycles. The van der Waals surface area contributed by atoms with Crippen LogP contribution in [0.2, 0.25) is 0 Å². The fourth-order valence-electron chi connectivity index (χ4n) is 2.60. The lowest BCUT2D eigenvalue weighted by Gasteiger charge is -2.37. The van der Waals surface area contributed by atoms with Crippen LogP contribution in [0.15, 0.2) is 24.3 Å². The fraction of sp³-hybridized carbons (Fsp3) is 0.500. The number of halogens is 2. The van der Waals surface area contributed by atoms with Crippen LogP contribution in [0.4, 0.5) is 14.5 Å². The minimum atomic E-state index is -2.96. The van der Waals surface area contributed by atoms with Crippen molar-refractivity contribution in [1.82, 2.24) is 9.80 Å². The van der Waals surface area contributed by atoms with E-state index in [9.17, 15) is 18.4 Å².